The number of benzene rings is 3. The Morgan fingerprint density at radius 2 is 1.55 bits per heavy atom. The third-order valence-corrected chi connectivity index (χ3v) is 5.98. The van der Waals surface area contributed by atoms with E-state index in [2.05, 4.69) is 0 Å². The number of halogens is 1. The molecule has 0 aliphatic rings. The van der Waals surface area contributed by atoms with Crippen molar-refractivity contribution < 1.29 is 14.3 Å². The van der Waals surface area contributed by atoms with Crippen LogP contribution >= 0.6 is 22.9 Å². The fraction of sp³-hybridized carbons (Fsp3) is 0.0800. The second-order valence-corrected chi connectivity index (χ2v) is 8.09. The Hall–Kier alpha value is -3.28. The quantitative estimate of drug-likeness (QED) is 0.316. The first-order valence-electron chi connectivity index (χ1n) is 9.56. The number of amides is 1. The summed E-state index contributed by atoms with van der Waals surface area (Å²) in [6, 6.07) is 24.4. The van der Waals surface area contributed by atoms with Crippen molar-refractivity contribution in [2.24, 2.45) is 0 Å². The lowest BCUT2D eigenvalue weighted by atomic mass is 10.0. The van der Waals surface area contributed by atoms with E-state index in [0.717, 1.165) is 28.3 Å². The minimum absolute atomic E-state index is 0.111. The van der Waals surface area contributed by atoms with Gasteiger partial charge in [0.1, 0.15) is 11.5 Å². The first-order chi connectivity index (χ1) is 15.1. The zero-order valence-corrected chi connectivity index (χ0v) is 18.6. The molecular formula is C25H20ClNO3S. The Labute approximate surface area is 190 Å². The molecule has 1 amide bonds. The molecule has 6 heteroatoms. The summed E-state index contributed by atoms with van der Waals surface area (Å²) >= 11 is 7.51. The van der Waals surface area contributed by atoms with Crippen molar-refractivity contribution in [1.29, 1.82) is 0 Å². The standard InChI is InChI=1S/C25H20ClNO3S/c1-29-20-11-9-19(10-12-20)27(25(28)24-4-3-15-31-24)23-14-13-21(30-2)16-22(23)17-5-7-18(26)8-6-17/h3-16H,1-2H3. The molecular weight excluding hydrogens is 430 g/mol. The summed E-state index contributed by atoms with van der Waals surface area (Å²) < 4.78 is 10.8. The van der Waals surface area contributed by atoms with Gasteiger partial charge in [0, 0.05) is 16.3 Å². The number of anilines is 2. The maximum absolute atomic E-state index is 13.6. The molecule has 0 bridgehead atoms. The summed E-state index contributed by atoms with van der Waals surface area (Å²) in [6.07, 6.45) is 0. The molecule has 3 aromatic carbocycles. The minimum Gasteiger partial charge on any atom is -0.497 e. The number of ether oxygens (including phenoxy) is 2. The largest absolute Gasteiger partial charge is 0.497 e. The summed E-state index contributed by atoms with van der Waals surface area (Å²) in [5, 5.41) is 2.54. The molecule has 0 radical (unpaired) electrons. The van der Waals surface area contributed by atoms with Gasteiger partial charge in [-0.05, 0) is 71.6 Å². The molecule has 1 aromatic heterocycles. The van der Waals surface area contributed by atoms with Gasteiger partial charge in [-0.1, -0.05) is 29.8 Å². The number of hydrogen-bond donors (Lipinski definition) is 0. The third-order valence-electron chi connectivity index (χ3n) is 4.87. The van der Waals surface area contributed by atoms with Crippen molar-refractivity contribution in [3.05, 3.63) is 94.1 Å². The maximum atomic E-state index is 13.6. The first-order valence-corrected chi connectivity index (χ1v) is 10.8. The van der Waals surface area contributed by atoms with E-state index in [1.165, 1.54) is 11.3 Å². The Balaban J connectivity index is 1.91. The molecule has 31 heavy (non-hydrogen) atoms. The number of thiophene rings is 1. The van der Waals surface area contributed by atoms with E-state index in [0.29, 0.717) is 15.6 Å². The smallest absolute Gasteiger partial charge is 0.272 e. The summed E-state index contributed by atoms with van der Waals surface area (Å²) in [5.41, 5.74) is 3.26. The van der Waals surface area contributed by atoms with Gasteiger partial charge in [0.25, 0.3) is 5.91 Å². The zero-order valence-electron chi connectivity index (χ0n) is 17.0. The summed E-state index contributed by atoms with van der Waals surface area (Å²) in [6.45, 7) is 0. The molecule has 0 fully saturated rings. The second-order valence-electron chi connectivity index (χ2n) is 6.71. The Kier molecular flexibility index (Phi) is 6.26. The number of carbonyl (C=O) groups is 1. The predicted octanol–water partition coefficient (Wildman–Crippen LogP) is 7.06. The number of hydrogen-bond acceptors (Lipinski definition) is 4. The van der Waals surface area contributed by atoms with Crippen molar-refractivity contribution >= 4 is 40.2 Å². The van der Waals surface area contributed by atoms with Gasteiger partial charge in [-0.2, -0.15) is 0 Å². The van der Waals surface area contributed by atoms with Crippen LogP contribution in [0.25, 0.3) is 11.1 Å². The molecule has 0 atom stereocenters. The Morgan fingerprint density at radius 1 is 0.871 bits per heavy atom. The zero-order chi connectivity index (χ0) is 21.8. The van der Waals surface area contributed by atoms with Gasteiger partial charge in [0.2, 0.25) is 0 Å². The number of rotatable bonds is 6. The van der Waals surface area contributed by atoms with Crippen LogP contribution < -0.4 is 14.4 Å². The molecule has 0 spiro atoms. The second kappa shape index (κ2) is 9.25. The van der Waals surface area contributed by atoms with Crippen LogP contribution in [0.4, 0.5) is 11.4 Å². The molecule has 0 aliphatic carbocycles. The van der Waals surface area contributed by atoms with Gasteiger partial charge in [-0.3, -0.25) is 9.69 Å². The molecule has 1 heterocycles. The van der Waals surface area contributed by atoms with Crippen LogP contribution in [0.3, 0.4) is 0 Å². The molecule has 0 aliphatic heterocycles. The van der Waals surface area contributed by atoms with Crippen LogP contribution in [-0.4, -0.2) is 20.1 Å². The van der Waals surface area contributed by atoms with Crippen molar-refractivity contribution in [1.82, 2.24) is 0 Å². The van der Waals surface area contributed by atoms with Gasteiger partial charge in [0.15, 0.2) is 0 Å². The van der Waals surface area contributed by atoms with Crippen LogP contribution in [0, 0.1) is 0 Å². The van der Waals surface area contributed by atoms with Gasteiger partial charge < -0.3 is 9.47 Å². The van der Waals surface area contributed by atoms with Gasteiger partial charge in [-0.25, -0.2) is 0 Å². The van der Waals surface area contributed by atoms with Crippen LogP contribution in [0.2, 0.25) is 5.02 Å². The molecule has 4 rings (SSSR count). The minimum atomic E-state index is -0.111. The molecule has 0 N–H and O–H groups in total. The average Bonchev–Trinajstić information content (AvgIpc) is 3.35. The fourth-order valence-electron chi connectivity index (χ4n) is 3.31. The molecule has 156 valence electrons. The van der Waals surface area contributed by atoms with E-state index in [9.17, 15) is 4.79 Å². The fourth-order valence-corrected chi connectivity index (χ4v) is 4.08. The SMILES string of the molecule is COc1ccc(N(C(=O)c2cccs2)c2ccc(OC)cc2-c2ccc(Cl)cc2)cc1. The van der Waals surface area contributed by atoms with Crippen molar-refractivity contribution in [2.45, 2.75) is 0 Å². The van der Waals surface area contributed by atoms with Crippen molar-refractivity contribution in [3.8, 4) is 22.6 Å². The van der Waals surface area contributed by atoms with Crippen LogP contribution in [0.5, 0.6) is 11.5 Å². The highest BCUT2D eigenvalue weighted by Gasteiger charge is 2.24. The summed E-state index contributed by atoms with van der Waals surface area (Å²) in [7, 11) is 3.24. The summed E-state index contributed by atoms with van der Waals surface area (Å²) in [4.78, 5) is 16.0. The van der Waals surface area contributed by atoms with Crippen molar-refractivity contribution in [3.63, 3.8) is 0 Å². The monoisotopic (exact) mass is 449 g/mol. The number of carbonyl (C=O) groups excluding carboxylic acids is 1. The molecule has 4 nitrogen and oxygen atoms in total. The van der Waals surface area contributed by atoms with E-state index in [1.807, 2.05) is 84.2 Å². The number of methoxy groups -OCH3 is 2. The molecule has 4 aromatic rings. The van der Waals surface area contributed by atoms with Crippen LogP contribution in [-0.2, 0) is 0 Å². The van der Waals surface area contributed by atoms with Crippen molar-refractivity contribution in [2.75, 3.05) is 19.1 Å². The maximum Gasteiger partial charge on any atom is 0.272 e. The third kappa shape index (κ3) is 4.43. The van der Waals surface area contributed by atoms with Gasteiger partial charge >= 0.3 is 0 Å². The average molecular weight is 450 g/mol. The van der Waals surface area contributed by atoms with E-state index in [-0.39, 0.29) is 5.91 Å². The topological polar surface area (TPSA) is 38.8 Å². The first kappa shape index (κ1) is 21.0. The number of nitrogens with zero attached hydrogens (tertiary/aromatic N) is 1. The highest BCUT2D eigenvalue weighted by Crippen LogP contribution is 2.39. The van der Waals surface area contributed by atoms with E-state index in [1.54, 1.807) is 19.1 Å². The molecule has 0 unspecified atom stereocenters. The highest BCUT2D eigenvalue weighted by molar-refractivity contribution is 7.12. The van der Waals surface area contributed by atoms with E-state index < -0.39 is 0 Å². The summed E-state index contributed by atoms with van der Waals surface area (Å²) in [5.74, 6) is 1.31. The van der Waals surface area contributed by atoms with Gasteiger partial charge in [-0.15, -0.1) is 11.3 Å². The van der Waals surface area contributed by atoms with Crippen LogP contribution in [0.1, 0.15) is 9.67 Å². The lowest BCUT2D eigenvalue weighted by Gasteiger charge is -2.26. The lowest BCUT2D eigenvalue weighted by molar-refractivity contribution is 0.100. The molecule has 0 saturated heterocycles. The van der Waals surface area contributed by atoms with E-state index in [4.69, 9.17) is 21.1 Å². The Bertz CT molecular complexity index is 1170. The predicted molar refractivity (Wildman–Crippen MR) is 127 cm³/mol. The van der Waals surface area contributed by atoms with Gasteiger partial charge in [0.05, 0.1) is 24.8 Å². The molecule has 0 saturated carbocycles. The lowest BCUT2D eigenvalue weighted by Crippen LogP contribution is -2.25. The normalized spacial score (nSPS) is 10.5. The Morgan fingerprint density at radius 3 is 2.16 bits per heavy atom. The highest BCUT2D eigenvalue weighted by atomic mass is 35.5. The van der Waals surface area contributed by atoms with Crippen LogP contribution in [0.15, 0.2) is 84.2 Å². The van der Waals surface area contributed by atoms with E-state index >= 15 is 0 Å².